The zero-order valence-corrected chi connectivity index (χ0v) is 13.1. The summed E-state index contributed by atoms with van der Waals surface area (Å²) in [6, 6.07) is 14.3. The predicted molar refractivity (Wildman–Crippen MR) is 93.0 cm³/mol. The van der Waals surface area contributed by atoms with Gasteiger partial charge in [0.25, 0.3) is 0 Å². The summed E-state index contributed by atoms with van der Waals surface area (Å²) in [5, 5.41) is 6.51. The number of halogens is 1. The van der Waals surface area contributed by atoms with Crippen molar-refractivity contribution >= 4 is 23.0 Å². The summed E-state index contributed by atoms with van der Waals surface area (Å²) in [6.45, 7) is 0.589. The van der Waals surface area contributed by atoms with Crippen LogP contribution in [0.3, 0.4) is 0 Å². The molecule has 0 saturated heterocycles. The smallest absolute Gasteiger partial charge is 0.171 e. The SMILES string of the molecule is Fc1cccc(NC(=S)NCc2ccc(-n3ccnc3)cc2)c1. The third-order valence-corrected chi connectivity index (χ3v) is 3.52. The van der Waals surface area contributed by atoms with Gasteiger partial charge in [0.05, 0.1) is 6.33 Å². The Morgan fingerprint density at radius 2 is 2.00 bits per heavy atom. The van der Waals surface area contributed by atoms with Crippen molar-refractivity contribution in [2.75, 3.05) is 5.32 Å². The second-order valence-corrected chi connectivity index (χ2v) is 5.36. The van der Waals surface area contributed by atoms with Gasteiger partial charge in [-0.3, -0.25) is 0 Å². The van der Waals surface area contributed by atoms with Crippen molar-refractivity contribution in [3.8, 4) is 5.69 Å². The van der Waals surface area contributed by atoms with E-state index in [1.165, 1.54) is 12.1 Å². The lowest BCUT2D eigenvalue weighted by molar-refractivity contribution is 0.628. The fourth-order valence-electron chi connectivity index (χ4n) is 2.12. The minimum absolute atomic E-state index is 0.298. The highest BCUT2D eigenvalue weighted by Crippen LogP contribution is 2.10. The molecule has 0 spiro atoms. The number of hydrogen-bond acceptors (Lipinski definition) is 2. The summed E-state index contributed by atoms with van der Waals surface area (Å²) in [6.07, 6.45) is 5.39. The minimum atomic E-state index is -0.298. The third kappa shape index (κ3) is 4.14. The van der Waals surface area contributed by atoms with E-state index in [4.69, 9.17) is 12.2 Å². The normalized spacial score (nSPS) is 10.3. The molecule has 0 bridgehead atoms. The molecule has 0 saturated carbocycles. The van der Waals surface area contributed by atoms with E-state index in [-0.39, 0.29) is 5.82 Å². The quantitative estimate of drug-likeness (QED) is 0.720. The van der Waals surface area contributed by atoms with Crippen LogP contribution in [0.25, 0.3) is 5.69 Å². The fourth-order valence-corrected chi connectivity index (χ4v) is 2.31. The van der Waals surface area contributed by atoms with Crippen LogP contribution >= 0.6 is 12.2 Å². The summed E-state index contributed by atoms with van der Waals surface area (Å²) >= 11 is 5.21. The van der Waals surface area contributed by atoms with Gasteiger partial charge in [-0.05, 0) is 48.1 Å². The Morgan fingerprint density at radius 3 is 2.70 bits per heavy atom. The molecule has 1 heterocycles. The highest BCUT2D eigenvalue weighted by molar-refractivity contribution is 7.80. The molecule has 0 unspecified atom stereocenters. The van der Waals surface area contributed by atoms with E-state index in [2.05, 4.69) is 15.6 Å². The largest absolute Gasteiger partial charge is 0.358 e. The Balaban J connectivity index is 1.54. The number of rotatable bonds is 4. The van der Waals surface area contributed by atoms with Crippen LogP contribution < -0.4 is 10.6 Å². The number of thiocarbonyl (C=S) groups is 1. The van der Waals surface area contributed by atoms with Gasteiger partial charge in [0.1, 0.15) is 5.82 Å². The van der Waals surface area contributed by atoms with Gasteiger partial charge >= 0.3 is 0 Å². The summed E-state index contributed by atoms with van der Waals surface area (Å²) in [7, 11) is 0. The standard InChI is InChI=1S/C17H15FN4S/c18-14-2-1-3-15(10-14)21-17(23)20-11-13-4-6-16(7-5-13)22-9-8-19-12-22/h1-10,12H,11H2,(H2,20,21,23). The number of aromatic nitrogens is 2. The monoisotopic (exact) mass is 326 g/mol. The molecular weight excluding hydrogens is 311 g/mol. The zero-order valence-electron chi connectivity index (χ0n) is 12.2. The molecule has 0 atom stereocenters. The lowest BCUT2D eigenvalue weighted by Crippen LogP contribution is -2.27. The van der Waals surface area contributed by atoms with Crippen LogP contribution in [0.1, 0.15) is 5.56 Å². The Hall–Kier alpha value is -2.73. The van der Waals surface area contributed by atoms with Crippen LogP contribution in [-0.4, -0.2) is 14.7 Å². The van der Waals surface area contributed by atoms with Gasteiger partial charge in [0.2, 0.25) is 0 Å². The van der Waals surface area contributed by atoms with E-state index >= 15 is 0 Å². The number of hydrogen-bond donors (Lipinski definition) is 2. The Morgan fingerprint density at radius 1 is 1.17 bits per heavy atom. The molecule has 3 aromatic rings. The Bertz CT molecular complexity index is 785. The first-order valence-electron chi connectivity index (χ1n) is 7.08. The van der Waals surface area contributed by atoms with E-state index in [1.807, 2.05) is 35.0 Å². The molecule has 1 aromatic heterocycles. The molecule has 0 radical (unpaired) electrons. The van der Waals surface area contributed by atoms with Gasteiger partial charge in [-0.15, -0.1) is 0 Å². The van der Waals surface area contributed by atoms with Gasteiger partial charge in [-0.25, -0.2) is 9.37 Å². The summed E-state index contributed by atoms with van der Waals surface area (Å²) in [5.41, 5.74) is 2.77. The summed E-state index contributed by atoms with van der Waals surface area (Å²) < 4.78 is 15.1. The molecule has 2 aromatic carbocycles. The van der Waals surface area contributed by atoms with Crippen LogP contribution in [0.2, 0.25) is 0 Å². The summed E-state index contributed by atoms with van der Waals surface area (Å²) in [5.74, 6) is -0.298. The fraction of sp³-hybridized carbons (Fsp3) is 0.0588. The minimum Gasteiger partial charge on any atom is -0.358 e. The predicted octanol–water partition coefficient (Wildman–Crippen LogP) is 3.50. The van der Waals surface area contributed by atoms with E-state index in [0.29, 0.717) is 17.3 Å². The molecule has 23 heavy (non-hydrogen) atoms. The maximum Gasteiger partial charge on any atom is 0.171 e. The number of anilines is 1. The summed E-state index contributed by atoms with van der Waals surface area (Å²) in [4.78, 5) is 4.03. The van der Waals surface area contributed by atoms with Crippen LogP contribution in [0.15, 0.2) is 67.3 Å². The third-order valence-electron chi connectivity index (χ3n) is 3.27. The van der Waals surface area contributed by atoms with E-state index in [9.17, 15) is 4.39 Å². The Labute approximate surface area is 139 Å². The van der Waals surface area contributed by atoms with Crippen LogP contribution in [-0.2, 0) is 6.54 Å². The van der Waals surface area contributed by atoms with Gasteiger partial charge in [0, 0.05) is 30.3 Å². The van der Waals surface area contributed by atoms with Crippen molar-refractivity contribution in [1.29, 1.82) is 0 Å². The molecule has 6 heteroatoms. The van der Waals surface area contributed by atoms with Gasteiger partial charge in [0.15, 0.2) is 5.11 Å². The average Bonchev–Trinajstić information content (AvgIpc) is 3.08. The molecule has 3 rings (SSSR count). The molecular formula is C17H15FN4S. The molecule has 2 N–H and O–H groups in total. The van der Waals surface area contributed by atoms with Crippen molar-refractivity contribution in [2.45, 2.75) is 6.54 Å². The first-order chi connectivity index (χ1) is 11.2. The van der Waals surface area contributed by atoms with Gasteiger partial charge < -0.3 is 15.2 Å². The second kappa shape index (κ2) is 7.02. The molecule has 0 aliphatic carbocycles. The van der Waals surface area contributed by atoms with Crippen molar-refractivity contribution in [1.82, 2.24) is 14.9 Å². The first kappa shape index (κ1) is 15.2. The van der Waals surface area contributed by atoms with Crippen LogP contribution in [0, 0.1) is 5.82 Å². The molecule has 116 valence electrons. The van der Waals surface area contributed by atoms with Crippen molar-refractivity contribution in [3.05, 3.63) is 78.6 Å². The van der Waals surface area contributed by atoms with Crippen molar-refractivity contribution in [2.24, 2.45) is 0 Å². The lowest BCUT2D eigenvalue weighted by Gasteiger charge is -2.11. The molecule has 0 amide bonds. The molecule has 0 aliphatic rings. The number of benzene rings is 2. The van der Waals surface area contributed by atoms with E-state index < -0.39 is 0 Å². The first-order valence-corrected chi connectivity index (χ1v) is 7.49. The Kier molecular flexibility index (Phi) is 4.63. The number of nitrogens with zero attached hydrogens (tertiary/aromatic N) is 2. The van der Waals surface area contributed by atoms with Crippen LogP contribution in [0.4, 0.5) is 10.1 Å². The zero-order chi connectivity index (χ0) is 16.1. The molecule has 0 fully saturated rings. The average molecular weight is 326 g/mol. The van der Waals surface area contributed by atoms with Crippen molar-refractivity contribution < 1.29 is 4.39 Å². The van der Waals surface area contributed by atoms with E-state index in [1.54, 1.807) is 24.7 Å². The van der Waals surface area contributed by atoms with Crippen LogP contribution in [0.5, 0.6) is 0 Å². The topological polar surface area (TPSA) is 41.9 Å². The van der Waals surface area contributed by atoms with Gasteiger partial charge in [-0.1, -0.05) is 18.2 Å². The highest BCUT2D eigenvalue weighted by atomic mass is 32.1. The lowest BCUT2D eigenvalue weighted by atomic mass is 10.2. The maximum atomic E-state index is 13.1. The highest BCUT2D eigenvalue weighted by Gasteiger charge is 2.00. The number of nitrogens with one attached hydrogen (secondary N) is 2. The molecule has 4 nitrogen and oxygen atoms in total. The number of imidazole rings is 1. The second-order valence-electron chi connectivity index (χ2n) is 4.95. The van der Waals surface area contributed by atoms with Crippen molar-refractivity contribution in [3.63, 3.8) is 0 Å². The maximum absolute atomic E-state index is 13.1. The van der Waals surface area contributed by atoms with E-state index in [0.717, 1.165) is 11.3 Å². The molecule has 0 aliphatic heterocycles. The van der Waals surface area contributed by atoms with Gasteiger partial charge in [-0.2, -0.15) is 0 Å².